The van der Waals surface area contributed by atoms with Crippen molar-refractivity contribution in [3.05, 3.63) is 83.1 Å². The lowest BCUT2D eigenvalue weighted by atomic mass is 10.1. The van der Waals surface area contributed by atoms with E-state index >= 15 is 0 Å². The molecule has 0 radical (unpaired) electrons. The minimum Gasteiger partial charge on any atom is -0.493 e. The SMILES string of the molecule is COc1ccc(CC(=O)NC(C)c2nc3ccccc3n2CCCCOc2ccccc2Cl)cc1OC. The van der Waals surface area contributed by atoms with Crippen LogP contribution in [0.3, 0.4) is 0 Å². The van der Waals surface area contributed by atoms with Crippen molar-refractivity contribution >= 4 is 28.5 Å². The number of para-hydroxylation sites is 3. The van der Waals surface area contributed by atoms with Gasteiger partial charge < -0.3 is 24.1 Å². The summed E-state index contributed by atoms with van der Waals surface area (Å²) in [6.45, 7) is 3.30. The standard InChI is InChI=1S/C29H32ClN3O4/c1-20(31-28(34)19-21-14-15-26(35-2)27(18-21)36-3)29-32-23-11-5-6-12-24(23)33(29)16-8-9-17-37-25-13-7-4-10-22(25)30/h4-7,10-15,18,20H,8-9,16-17,19H2,1-3H3,(H,31,34). The maximum atomic E-state index is 12.9. The fourth-order valence-electron chi connectivity index (χ4n) is 4.31. The molecule has 0 fully saturated rings. The molecular formula is C29H32ClN3O4. The molecule has 1 unspecified atom stereocenters. The van der Waals surface area contributed by atoms with Crippen LogP contribution in [0.1, 0.15) is 37.2 Å². The first-order chi connectivity index (χ1) is 18.0. The number of carbonyl (C=O) groups is 1. The molecule has 4 rings (SSSR count). The topological polar surface area (TPSA) is 74.6 Å². The van der Waals surface area contributed by atoms with Crippen LogP contribution in [-0.2, 0) is 17.8 Å². The van der Waals surface area contributed by atoms with Crippen molar-refractivity contribution in [3.63, 3.8) is 0 Å². The van der Waals surface area contributed by atoms with Gasteiger partial charge in [0.25, 0.3) is 0 Å². The Labute approximate surface area is 222 Å². The van der Waals surface area contributed by atoms with E-state index in [0.29, 0.717) is 28.9 Å². The zero-order valence-electron chi connectivity index (χ0n) is 21.4. The van der Waals surface area contributed by atoms with E-state index in [-0.39, 0.29) is 18.4 Å². The maximum Gasteiger partial charge on any atom is 0.224 e. The summed E-state index contributed by atoms with van der Waals surface area (Å²) in [4.78, 5) is 17.7. The Bertz CT molecular complexity index is 1350. The zero-order chi connectivity index (χ0) is 26.2. The van der Waals surface area contributed by atoms with E-state index in [1.807, 2.05) is 61.5 Å². The Balaban J connectivity index is 1.40. The molecule has 0 spiro atoms. The Morgan fingerprint density at radius 2 is 1.73 bits per heavy atom. The van der Waals surface area contributed by atoms with Gasteiger partial charge in [-0.05, 0) is 61.7 Å². The van der Waals surface area contributed by atoms with Gasteiger partial charge in [-0.15, -0.1) is 0 Å². The molecule has 8 heteroatoms. The molecule has 1 N–H and O–H groups in total. The number of halogens is 1. The van der Waals surface area contributed by atoms with E-state index in [1.165, 1.54) is 0 Å². The number of unbranched alkanes of at least 4 members (excludes halogenated alkanes) is 1. The third-order valence-electron chi connectivity index (χ3n) is 6.13. The number of benzene rings is 3. The van der Waals surface area contributed by atoms with Gasteiger partial charge >= 0.3 is 0 Å². The molecule has 3 aromatic carbocycles. The van der Waals surface area contributed by atoms with Gasteiger partial charge in [0, 0.05) is 6.54 Å². The monoisotopic (exact) mass is 521 g/mol. The Kier molecular flexibility index (Phi) is 8.90. The average Bonchev–Trinajstić information content (AvgIpc) is 3.28. The lowest BCUT2D eigenvalue weighted by Crippen LogP contribution is -2.30. The van der Waals surface area contributed by atoms with Gasteiger partial charge in [-0.2, -0.15) is 0 Å². The maximum absolute atomic E-state index is 12.9. The smallest absolute Gasteiger partial charge is 0.224 e. The van der Waals surface area contributed by atoms with Crippen LogP contribution in [0.25, 0.3) is 11.0 Å². The van der Waals surface area contributed by atoms with E-state index in [0.717, 1.165) is 41.8 Å². The largest absolute Gasteiger partial charge is 0.493 e. The number of hydrogen-bond acceptors (Lipinski definition) is 5. The van der Waals surface area contributed by atoms with E-state index in [4.69, 9.17) is 30.8 Å². The average molecular weight is 522 g/mol. The molecule has 0 bridgehead atoms. The number of rotatable bonds is 12. The van der Waals surface area contributed by atoms with Gasteiger partial charge in [-0.1, -0.05) is 41.9 Å². The zero-order valence-corrected chi connectivity index (χ0v) is 22.1. The molecule has 4 aromatic rings. The molecule has 194 valence electrons. The Morgan fingerprint density at radius 3 is 2.51 bits per heavy atom. The number of hydrogen-bond donors (Lipinski definition) is 1. The minimum atomic E-state index is -0.264. The summed E-state index contributed by atoms with van der Waals surface area (Å²) in [6, 6.07) is 20.7. The molecule has 1 heterocycles. The number of nitrogens with zero attached hydrogens (tertiary/aromatic N) is 2. The van der Waals surface area contributed by atoms with Crippen molar-refractivity contribution < 1.29 is 19.0 Å². The van der Waals surface area contributed by atoms with Crippen molar-refractivity contribution in [1.82, 2.24) is 14.9 Å². The number of aromatic nitrogens is 2. The van der Waals surface area contributed by atoms with Crippen molar-refractivity contribution in [2.75, 3.05) is 20.8 Å². The van der Waals surface area contributed by atoms with Gasteiger partial charge in [0.15, 0.2) is 11.5 Å². The number of imidazole rings is 1. The van der Waals surface area contributed by atoms with Gasteiger partial charge in [-0.25, -0.2) is 4.98 Å². The van der Waals surface area contributed by atoms with Crippen LogP contribution in [0, 0.1) is 0 Å². The van der Waals surface area contributed by atoms with Crippen molar-refractivity contribution in [3.8, 4) is 17.2 Å². The fraction of sp³-hybridized carbons (Fsp3) is 0.310. The molecule has 0 aliphatic carbocycles. The van der Waals surface area contributed by atoms with Crippen LogP contribution in [-0.4, -0.2) is 36.3 Å². The van der Waals surface area contributed by atoms with Gasteiger partial charge in [0.05, 0.1) is 49.3 Å². The highest BCUT2D eigenvalue weighted by Crippen LogP contribution is 2.28. The summed E-state index contributed by atoms with van der Waals surface area (Å²) in [5.74, 6) is 2.66. The van der Waals surface area contributed by atoms with Crippen molar-refractivity contribution in [1.29, 1.82) is 0 Å². The molecule has 7 nitrogen and oxygen atoms in total. The third kappa shape index (κ3) is 6.54. The number of carbonyl (C=O) groups excluding carboxylic acids is 1. The number of fused-ring (bicyclic) bond motifs is 1. The molecule has 0 saturated heterocycles. The summed E-state index contributed by atoms with van der Waals surface area (Å²) in [6.07, 6.45) is 1.98. The number of methoxy groups -OCH3 is 2. The molecule has 1 aromatic heterocycles. The fourth-order valence-corrected chi connectivity index (χ4v) is 4.50. The molecule has 0 aliphatic rings. The number of amides is 1. The van der Waals surface area contributed by atoms with E-state index < -0.39 is 0 Å². The highest BCUT2D eigenvalue weighted by atomic mass is 35.5. The lowest BCUT2D eigenvalue weighted by Gasteiger charge is -2.17. The molecular weight excluding hydrogens is 490 g/mol. The van der Waals surface area contributed by atoms with Crippen LogP contribution in [0.4, 0.5) is 0 Å². The summed E-state index contributed by atoms with van der Waals surface area (Å²) < 4.78 is 18.7. The predicted octanol–water partition coefficient (Wildman–Crippen LogP) is 5.99. The lowest BCUT2D eigenvalue weighted by molar-refractivity contribution is -0.121. The second-order valence-electron chi connectivity index (χ2n) is 8.75. The van der Waals surface area contributed by atoms with E-state index in [9.17, 15) is 4.79 Å². The molecule has 1 atom stereocenters. The highest BCUT2D eigenvalue weighted by Gasteiger charge is 2.19. The molecule has 1 amide bonds. The van der Waals surface area contributed by atoms with Crippen molar-refractivity contribution in [2.45, 2.75) is 38.8 Å². The summed E-state index contributed by atoms with van der Waals surface area (Å²) in [7, 11) is 3.17. The second-order valence-corrected chi connectivity index (χ2v) is 9.16. The predicted molar refractivity (Wildman–Crippen MR) is 146 cm³/mol. The molecule has 37 heavy (non-hydrogen) atoms. The van der Waals surface area contributed by atoms with Gasteiger partial charge in [0.2, 0.25) is 5.91 Å². The highest BCUT2D eigenvalue weighted by molar-refractivity contribution is 6.32. The summed E-state index contributed by atoms with van der Waals surface area (Å²) in [5.41, 5.74) is 2.80. The molecule has 0 aliphatic heterocycles. The van der Waals surface area contributed by atoms with Crippen LogP contribution < -0.4 is 19.5 Å². The summed E-state index contributed by atoms with van der Waals surface area (Å²) >= 11 is 6.18. The van der Waals surface area contributed by atoms with E-state index in [2.05, 4.69) is 16.0 Å². The Morgan fingerprint density at radius 1 is 0.973 bits per heavy atom. The molecule has 0 saturated carbocycles. The minimum absolute atomic E-state index is 0.0912. The number of nitrogens with one attached hydrogen (secondary N) is 1. The van der Waals surface area contributed by atoms with Crippen LogP contribution in [0.2, 0.25) is 5.02 Å². The first kappa shape index (κ1) is 26.4. The quantitative estimate of drug-likeness (QED) is 0.232. The normalized spacial score (nSPS) is 11.8. The Hall–Kier alpha value is -3.71. The van der Waals surface area contributed by atoms with Crippen LogP contribution >= 0.6 is 11.6 Å². The van der Waals surface area contributed by atoms with E-state index in [1.54, 1.807) is 20.3 Å². The number of aryl methyl sites for hydroxylation is 1. The van der Waals surface area contributed by atoms with Gasteiger partial charge in [-0.3, -0.25) is 4.79 Å². The van der Waals surface area contributed by atoms with Crippen LogP contribution in [0.5, 0.6) is 17.2 Å². The van der Waals surface area contributed by atoms with Crippen molar-refractivity contribution in [2.24, 2.45) is 0 Å². The number of ether oxygens (including phenoxy) is 3. The third-order valence-corrected chi connectivity index (χ3v) is 6.44. The summed E-state index contributed by atoms with van der Waals surface area (Å²) in [5, 5.41) is 3.72. The first-order valence-electron chi connectivity index (χ1n) is 12.3. The van der Waals surface area contributed by atoms with Gasteiger partial charge in [0.1, 0.15) is 11.6 Å². The first-order valence-corrected chi connectivity index (χ1v) is 12.7. The van der Waals surface area contributed by atoms with Crippen LogP contribution in [0.15, 0.2) is 66.7 Å². The second kappa shape index (κ2) is 12.5.